The lowest BCUT2D eigenvalue weighted by Gasteiger charge is -2.19. The third kappa shape index (κ3) is 4.64. The second kappa shape index (κ2) is 9.47. The number of rotatable bonds is 6. The number of ketones is 1. The Morgan fingerprint density at radius 3 is 2.41 bits per heavy atom. The zero-order valence-corrected chi connectivity index (χ0v) is 18.4. The fraction of sp³-hybridized carbons (Fsp3) is 0.292. The topological polar surface area (TPSA) is 107 Å². The molecule has 1 N–H and O–H groups in total. The summed E-state index contributed by atoms with van der Waals surface area (Å²) in [5.41, 5.74) is 2.14. The summed E-state index contributed by atoms with van der Waals surface area (Å²) in [5.74, 6) is -1.13. The van der Waals surface area contributed by atoms with Crippen molar-refractivity contribution in [3.8, 4) is 6.07 Å². The molecule has 1 atom stereocenters. The Morgan fingerprint density at radius 1 is 1.06 bits per heavy atom. The predicted octanol–water partition coefficient (Wildman–Crippen LogP) is 4.02. The molecule has 7 nitrogen and oxygen atoms in total. The van der Waals surface area contributed by atoms with E-state index in [0.29, 0.717) is 30.0 Å². The van der Waals surface area contributed by atoms with Gasteiger partial charge in [0.05, 0.1) is 22.0 Å². The van der Waals surface area contributed by atoms with E-state index in [0.717, 1.165) is 31.2 Å². The number of nitriles is 1. The SMILES string of the molecule is N#C[C@H](C(=O)/C=C/c1ccc(S(=O)(=O)N2CCCCCC2)cc1)c1nc2ccccc2[nH]1. The molecule has 0 spiro atoms. The highest BCUT2D eigenvalue weighted by atomic mass is 32.2. The zero-order chi connectivity index (χ0) is 22.6. The lowest BCUT2D eigenvalue weighted by Crippen LogP contribution is -2.31. The van der Waals surface area contributed by atoms with Crippen LogP contribution in [-0.4, -0.2) is 41.6 Å². The van der Waals surface area contributed by atoms with Crippen molar-refractivity contribution in [2.45, 2.75) is 36.5 Å². The minimum atomic E-state index is -3.51. The number of H-pyrrole nitrogens is 1. The van der Waals surface area contributed by atoms with Crippen LogP contribution in [0.4, 0.5) is 0 Å². The molecule has 0 saturated carbocycles. The van der Waals surface area contributed by atoms with Gasteiger partial charge < -0.3 is 4.98 Å². The second-order valence-corrected chi connectivity index (χ2v) is 9.76. The van der Waals surface area contributed by atoms with Gasteiger partial charge in [0.1, 0.15) is 5.82 Å². The molecule has 1 aliphatic rings. The first-order valence-electron chi connectivity index (χ1n) is 10.7. The van der Waals surface area contributed by atoms with Crippen LogP contribution < -0.4 is 0 Å². The van der Waals surface area contributed by atoms with Crippen LogP contribution in [0, 0.1) is 11.3 Å². The van der Waals surface area contributed by atoms with Crippen LogP contribution in [0.25, 0.3) is 17.1 Å². The molecular weight excluding hydrogens is 424 g/mol. The molecule has 1 saturated heterocycles. The third-order valence-electron chi connectivity index (χ3n) is 5.62. The minimum Gasteiger partial charge on any atom is -0.340 e. The Bertz CT molecular complexity index is 1250. The van der Waals surface area contributed by atoms with Gasteiger partial charge >= 0.3 is 0 Å². The Hall–Kier alpha value is -3.28. The molecule has 4 rings (SSSR count). The molecule has 1 fully saturated rings. The van der Waals surface area contributed by atoms with Gasteiger partial charge in [-0.15, -0.1) is 0 Å². The number of carbonyl (C=O) groups is 1. The molecular formula is C24H24N4O3S. The summed E-state index contributed by atoms with van der Waals surface area (Å²) in [7, 11) is -3.51. The number of aromatic amines is 1. The van der Waals surface area contributed by atoms with E-state index < -0.39 is 21.7 Å². The van der Waals surface area contributed by atoms with E-state index in [4.69, 9.17) is 0 Å². The summed E-state index contributed by atoms with van der Waals surface area (Å²) >= 11 is 0. The lowest BCUT2D eigenvalue weighted by molar-refractivity contribution is -0.114. The number of nitrogens with zero attached hydrogens (tertiary/aromatic N) is 3. The summed E-state index contributed by atoms with van der Waals surface area (Å²) in [6.45, 7) is 1.10. The molecule has 164 valence electrons. The summed E-state index contributed by atoms with van der Waals surface area (Å²) in [6.07, 6.45) is 6.79. The second-order valence-electron chi connectivity index (χ2n) is 7.82. The van der Waals surface area contributed by atoms with Gasteiger partial charge in [0.2, 0.25) is 10.0 Å². The molecule has 0 aliphatic carbocycles. The Kier molecular flexibility index (Phi) is 6.49. The minimum absolute atomic E-state index is 0.250. The summed E-state index contributed by atoms with van der Waals surface area (Å²) in [4.78, 5) is 20.2. The highest BCUT2D eigenvalue weighted by Gasteiger charge is 2.25. The molecule has 1 aliphatic heterocycles. The van der Waals surface area contributed by atoms with E-state index in [9.17, 15) is 18.5 Å². The van der Waals surface area contributed by atoms with Crippen LogP contribution in [0.1, 0.15) is 43.0 Å². The first-order chi connectivity index (χ1) is 15.5. The van der Waals surface area contributed by atoms with Crippen LogP contribution >= 0.6 is 0 Å². The molecule has 2 heterocycles. The fourth-order valence-corrected chi connectivity index (χ4v) is 5.34. The number of hydrogen-bond acceptors (Lipinski definition) is 5. The largest absolute Gasteiger partial charge is 0.340 e. The fourth-order valence-electron chi connectivity index (χ4n) is 3.83. The number of benzene rings is 2. The number of allylic oxidation sites excluding steroid dienone is 1. The van der Waals surface area contributed by atoms with Gasteiger partial charge in [-0.3, -0.25) is 4.79 Å². The van der Waals surface area contributed by atoms with Crippen molar-refractivity contribution in [1.82, 2.24) is 14.3 Å². The molecule has 8 heteroatoms. The number of para-hydroxylation sites is 2. The van der Waals surface area contributed by atoms with Crippen molar-refractivity contribution in [3.63, 3.8) is 0 Å². The van der Waals surface area contributed by atoms with Gasteiger partial charge in [-0.25, -0.2) is 13.4 Å². The maximum Gasteiger partial charge on any atom is 0.243 e. The number of sulfonamides is 1. The van der Waals surface area contributed by atoms with Gasteiger partial charge in [-0.1, -0.05) is 43.2 Å². The Labute approximate surface area is 187 Å². The number of hydrogen-bond donors (Lipinski definition) is 1. The standard InChI is InChI=1S/C24H24N4O3S/c25-17-20(24-26-21-7-3-4-8-22(21)27-24)23(29)14-11-18-9-12-19(13-10-18)32(30,31)28-15-5-1-2-6-16-28/h3-4,7-14,20H,1-2,5-6,15-16H2,(H,26,27)/b14-11+/t20-/m1/s1. The molecule has 2 aromatic carbocycles. The van der Waals surface area contributed by atoms with Crippen LogP contribution in [0.5, 0.6) is 0 Å². The third-order valence-corrected chi connectivity index (χ3v) is 7.53. The smallest absolute Gasteiger partial charge is 0.243 e. The van der Waals surface area contributed by atoms with E-state index in [1.165, 1.54) is 6.08 Å². The quantitative estimate of drug-likeness (QED) is 0.573. The normalized spacial score (nSPS) is 16.6. The van der Waals surface area contributed by atoms with Gasteiger partial charge in [0.25, 0.3) is 0 Å². The molecule has 0 radical (unpaired) electrons. The number of nitrogens with one attached hydrogen (secondary N) is 1. The number of imidazole rings is 1. The van der Waals surface area contributed by atoms with Gasteiger partial charge in [-0.05, 0) is 48.7 Å². The van der Waals surface area contributed by atoms with Crippen molar-refractivity contribution in [1.29, 1.82) is 5.26 Å². The van der Waals surface area contributed by atoms with Crippen molar-refractivity contribution in [3.05, 3.63) is 66.0 Å². The summed E-state index contributed by atoms with van der Waals surface area (Å²) < 4.78 is 27.3. The van der Waals surface area contributed by atoms with Crippen molar-refractivity contribution >= 4 is 32.9 Å². The predicted molar refractivity (Wildman–Crippen MR) is 122 cm³/mol. The van der Waals surface area contributed by atoms with Crippen LogP contribution in [0.15, 0.2) is 59.5 Å². The average molecular weight is 449 g/mol. The zero-order valence-electron chi connectivity index (χ0n) is 17.6. The molecule has 0 unspecified atom stereocenters. The first-order valence-corrected chi connectivity index (χ1v) is 12.1. The molecule has 0 bridgehead atoms. The van der Waals surface area contributed by atoms with E-state index in [1.54, 1.807) is 34.6 Å². The van der Waals surface area contributed by atoms with E-state index in [-0.39, 0.29) is 4.90 Å². The lowest BCUT2D eigenvalue weighted by atomic mass is 10.0. The van der Waals surface area contributed by atoms with Crippen molar-refractivity contribution in [2.24, 2.45) is 0 Å². The molecule has 0 amide bonds. The Balaban J connectivity index is 1.48. The maximum atomic E-state index is 12.9. The van der Waals surface area contributed by atoms with Crippen LogP contribution in [0.3, 0.4) is 0 Å². The summed E-state index contributed by atoms with van der Waals surface area (Å²) in [5, 5.41) is 9.51. The van der Waals surface area contributed by atoms with Crippen LogP contribution in [-0.2, 0) is 14.8 Å². The van der Waals surface area contributed by atoms with Crippen LogP contribution in [0.2, 0.25) is 0 Å². The highest BCUT2D eigenvalue weighted by molar-refractivity contribution is 7.89. The molecule has 32 heavy (non-hydrogen) atoms. The van der Waals surface area contributed by atoms with Crippen molar-refractivity contribution < 1.29 is 13.2 Å². The van der Waals surface area contributed by atoms with E-state index >= 15 is 0 Å². The number of fused-ring (bicyclic) bond motifs is 1. The van der Waals surface area contributed by atoms with Gasteiger partial charge in [-0.2, -0.15) is 9.57 Å². The molecule has 1 aromatic heterocycles. The average Bonchev–Trinajstić information content (AvgIpc) is 3.02. The van der Waals surface area contributed by atoms with E-state index in [2.05, 4.69) is 9.97 Å². The summed E-state index contributed by atoms with van der Waals surface area (Å²) in [6, 6.07) is 15.8. The molecule has 3 aromatic rings. The van der Waals surface area contributed by atoms with E-state index in [1.807, 2.05) is 30.3 Å². The monoisotopic (exact) mass is 448 g/mol. The van der Waals surface area contributed by atoms with Crippen molar-refractivity contribution in [2.75, 3.05) is 13.1 Å². The number of aromatic nitrogens is 2. The highest BCUT2D eigenvalue weighted by Crippen LogP contribution is 2.22. The first kappa shape index (κ1) is 21.9. The van der Waals surface area contributed by atoms with Gasteiger partial charge in [0.15, 0.2) is 11.7 Å². The maximum absolute atomic E-state index is 12.9. The Morgan fingerprint density at radius 2 is 1.75 bits per heavy atom. The number of carbonyl (C=O) groups excluding carboxylic acids is 1. The van der Waals surface area contributed by atoms with Gasteiger partial charge in [0, 0.05) is 13.1 Å².